The second-order valence-electron chi connectivity index (χ2n) is 5.70. The summed E-state index contributed by atoms with van der Waals surface area (Å²) in [6, 6.07) is 16.5. The lowest BCUT2D eigenvalue weighted by Crippen LogP contribution is -2.23. The van der Waals surface area contributed by atoms with E-state index in [1.807, 2.05) is 42.5 Å². The number of pyridine rings is 2. The third-order valence-corrected chi connectivity index (χ3v) is 3.79. The molecular weight excluding hydrogens is 329 g/mol. The third kappa shape index (κ3) is 5.08. The molecule has 0 atom stereocenters. The van der Waals surface area contributed by atoms with Crippen molar-refractivity contribution in [3.8, 4) is 11.1 Å². The van der Waals surface area contributed by atoms with Crippen molar-refractivity contribution in [3.63, 3.8) is 0 Å². The summed E-state index contributed by atoms with van der Waals surface area (Å²) in [5.74, 6) is -0.652. The van der Waals surface area contributed by atoms with Gasteiger partial charge in [-0.2, -0.15) is 4.39 Å². The predicted octanol–water partition coefficient (Wildman–Crippen LogP) is 3.65. The summed E-state index contributed by atoms with van der Waals surface area (Å²) in [5.41, 5.74) is 3.65. The highest BCUT2D eigenvalue weighted by atomic mass is 19.1. The SMILES string of the molecule is O=C(/C=C/c1ccccn1)NCCc1cccc(-c2ccc(F)nc2)c1. The number of nitrogens with one attached hydrogen (secondary N) is 1. The molecule has 5 heteroatoms. The molecule has 26 heavy (non-hydrogen) atoms. The molecule has 4 nitrogen and oxygen atoms in total. The van der Waals surface area contributed by atoms with E-state index in [-0.39, 0.29) is 5.91 Å². The normalized spacial score (nSPS) is 10.8. The van der Waals surface area contributed by atoms with Crippen molar-refractivity contribution in [1.29, 1.82) is 0 Å². The van der Waals surface area contributed by atoms with Crippen LogP contribution in [0.5, 0.6) is 0 Å². The van der Waals surface area contributed by atoms with Crippen LogP contribution in [0.4, 0.5) is 4.39 Å². The lowest BCUT2D eigenvalue weighted by molar-refractivity contribution is -0.116. The van der Waals surface area contributed by atoms with Crippen LogP contribution in [0.3, 0.4) is 0 Å². The van der Waals surface area contributed by atoms with E-state index in [0.29, 0.717) is 13.0 Å². The van der Waals surface area contributed by atoms with Crippen molar-refractivity contribution in [3.05, 3.63) is 90.3 Å². The fourth-order valence-electron chi connectivity index (χ4n) is 2.48. The first-order chi connectivity index (χ1) is 12.7. The summed E-state index contributed by atoms with van der Waals surface area (Å²) >= 11 is 0. The number of benzene rings is 1. The van der Waals surface area contributed by atoms with Gasteiger partial charge in [0, 0.05) is 30.6 Å². The Morgan fingerprint density at radius 1 is 1.04 bits per heavy atom. The minimum atomic E-state index is -0.494. The minimum absolute atomic E-state index is 0.158. The van der Waals surface area contributed by atoms with Gasteiger partial charge in [-0.25, -0.2) is 4.98 Å². The summed E-state index contributed by atoms with van der Waals surface area (Å²) in [4.78, 5) is 19.7. The molecule has 3 aromatic rings. The van der Waals surface area contributed by atoms with Gasteiger partial charge in [0.15, 0.2) is 0 Å². The van der Waals surface area contributed by atoms with Gasteiger partial charge in [0.25, 0.3) is 0 Å². The van der Waals surface area contributed by atoms with E-state index in [2.05, 4.69) is 15.3 Å². The molecule has 1 aromatic carbocycles. The van der Waals surface area contributed by atoms with Crippen LogP contribution in [-0.4, -0.2) is 22.4 Å². The maximum atomic E-state index is 12.9. The quantitative estimate of drug-likeness (QED) is 0.547. The molecule has 130 valence electrons. The van der Waals surface area contributed by atoms with Crippen LogP contribution in [0, 0.1) is 5.95 Å². The van der Waals surface area contributed by atoms with Gasteiger partial charge in [-0.15, -0.1) is 0 Å². The fourth-order valence-corrected chi connectivity index (χ4v) is 2.48. The van der Waals surface area contributed by atoms with E-state index >= 15 is 0 Å². The molecule has 2 heterocycles. The average molecular weight is 347 g/mol. The van der Waals surface area contributed by atoms with Crippen molar-refractivity contribution in [2.45, 2.75) is 6.42 Å². The topological polar surface area (TPSA) is 54.9 Å². The molecule has 2 aromatic heterocycles. The van der Waals surface area contributed by atoms with Gasteiger partial charge in [0.05, 0.1) is 5.69 Å². The Morgan fingerprint density at radius 2 is 1.96 bits per heavy atom. The number of hydrogen-bond donors (Lipinski definition) is 1. The van der Waals surface area contributed by atoms with Crippen molar-refractivity contribution in [1.82, 2.24) is 15.3 Å². The van der Waals surface area contributed by atoms with Crippen molar-refractivity contribution < 1.29 is 9.18 Å². The molecule has 0 aliphatic heterocycles. The zero-order valence-corrected chi connectivity index (χ0v) is 14.1. The van der Waals surface area contributed by atoms with Crippen LogP contribution in [0.25, 0.3) is 17.2 Å². The largest absolute Gasteiger partial charge is 0.352 e. The van der Waals surface area contributed by atoms with Gasteiger partial charge in [0.2, 0.25) is 11.9 Å². The second kappa shape index (κ2) is 8.67. The Bertz CT molecular complexity index is 893. The molecule has 0 bridgehead atoms. The van der Waals surface area contributed by atoms with Gasteiger partial charge in [-0.3, -0.25) is 9.78 Å². The molecule has 1 amide bonds. The van der Waals surface area contributed by atoms with Gasteiger partial charge in [-0.1, -0.05) is 30.3 Å². The van der Waals surface area contributed by atoms with Crippen LogP contribution < -0.4 is 5.32 Å². The van der Waals surface area contributed by atoms with Crippen LogP contribution >= 0.6 is 0 Å². The van der Waals surface area contributed by atoms with E-state index in [4.69, 9.17) is 0 Å². The van der Waals surface area contributed by atoms with Crippen LogP contribution in [0.15, 0.2) is 73.1 Å². The monoisotopic (exact) mass is 347 g/mol. The highest BCUT2D eigenvalue weighted by Gasteiger charge is 2.02. The lowest BCUT2D eigenvalue weighted by Gasteiger charge is -2.06. The Balaban J connectivity index is 1.53. The summed E-state index contributed by atoms with van der Waals surface area (Å²) < 4.78 is 12.9. The first kappa shape index (κ1) is 17.5. The van der Waals surface area contributed by atoms with E-state index in [0.717, 1.165) is 22.4 Å². The maximum absolute atomic E-state index is 12.9. The number of carbonyl (C=O) groups excluding carboxylic acids is 1. The van der Waals surface area contributed by atoms with E-state index in [1.165, 1.54) is 18.3 Å². The summed E-state index contributed by atoms with van der Waals surface area (Å²) in [7, 11) is 0. The van der Waals surface area contributed by atoms with Crippen molar-refractivity contribution >= 4 is 12.0 Å². The molecular formula is C21H18FN3O. The number of nitrogens with zero attached hydrogens (tertiary/aromatic N) is 2. The molecule has 0 unspecified atom stereocenters. The molecule has 0 aliphatic carbocycles. The van der Waals surface area contributed by atoms with E-state index < -0.39 is 5.95 Å². The van der Waals surface area contributed by atoms with Crippen LogP contribution in [0.1, 0.15) is 11.3 Å². The van der Waals surface area contributed by atoms with Gasteiger partial charge in [0.1, 0.15) is 0 Å². The number of carbonyl (C=O) groups is 1. The average Bonchev–Trinajstić information content (AvgIpc) is 2.68. The molecule has 0 saturated heterocycles. The Morgan fingerprint density at radius 3 is 2.73 bits per heavy atom. The molecule has 3 rings (SSSR count). The van der Waals surface area contributed by atoms with E-state index in [1.54, 1.807) is 18.3 Å². The number of amides is 1. The summed E-state index contributed by atoms with van der Waals surface area (Å²) in [6.45, 7) is 0.524. The van der Waals surface area contributed by atoms with Crippen molar-refractivity contribution in [2.24, 2.45) is 0 Å². The number of hydrogen-bond acceptors (Lipinski definition) is 3. The standard InChI is InChI=1S/C21H18FN3O/c22-20-9-7-18(15-25-20)17-5-3-4-16(14-17)11-13-24-21(26)10-8-19-6-1-2-12-23-19/h1-10,12,14-15H,11,13H2,(H,24,26)/b10-8+. The van der Waals surface area contributed by atoms with Gasteiger partial charge >= 0.3 is 0 Å². The number of rotatable bonds is 6. The Labute approximate surface area is 151 Å². The summed E-state index contributed by atoms with van der Waals surface area (Å²) in [6.07, 6.45) is 7.05. The number of aromatic nitrogens is 2. The van der Waals surface area contributed by atoms with Gasteiger partial charge < -0.3 is 5.32 Å². The van der Waals surface area contributed by atoms with Gasteiger partial charge in [-0.05, 0) is 47.9 Å². The zero-order valence-electron chi connectivity index (χ0n) is 14.1. The van der Waals surface area contributed by atoms with E-state index in [9.17, 15) is 9.18 Å². The molecule has 0 fully saturated rings. The highest BCUT2D eigenvalue weighted by Crippen LogP contribution is 2.19. The zero-order chi connectivity index (χ0) is 18.2. The molecule has 0 saturated carbocycles. The highest BCUT2D eigenvalue weighted by molar-refractivity contribution is 5.91. The van der Waals surface area contributed by atoms with Crippen LogP contribution in [-0.2, 0) is 11.2 Å². The first-order valence-electron chi connectivity index (χ1n) is 8.28. The predicted molar refractivity (Wildman–Crippen MR) is 99.6 cm³/mol. The van der Waals surface area contributed by atoms with Crippen LogP contribution in [0.2, 0.25) is 0 Å². The second-order valence-corrected chi connectivity index (χ2v) is 5.70. The van der Waals surface area contributed by atoms with Crippen molar-refractivity contribution in [2.75, 3.05) is 6.54 Å². The summed E-state index contributed by atoms with van der Waals surface area (Å²) in [5, 5.41) is 2.85. The molecule has 0 spiro atoms. The lowest BCUT2D eigenvalue weighted by atomic mass is 10.0. The maximum Gasteiger partial charge on any atom is 0.244 e. The molecule has 0 aliphatic rings. The fraction of sp³-hybridized carbons (Fsp3) is 0.0952. The minimum Gasteiger partial charge on any atom is -0.352 e. The molecule has 1 N–H and O–H groups in total. The first-order valence-corrected chi connectivity index (χ1v) is 8.28. The molecule has 0 radical (unpaired) electrons. The number of halogens is 1. The Kier molecular flexibility index (Phi) is 5.83. The Hall–Kier alpha value is -3.34. The smallest absolute Gasteiger partial charge is 0.244 e. The third-order valence-electron chi connectivity index (χ3n) is 3.79.